The lowest BCUT2D eigenvalue weighted by atomic mass is 10.1. The minimum atomic E-state index is -0.797. The Kier molecular flexibility index (Phi) is 2.74. The topological polar surface area (TPSA) is 106 Å². The summed E-state index contributed by atoms with van der Waals surface area (Å²) in [5.41, 5.74) is -2.27. The highest BCUT2D eigenvalue weighted by atomic mass is 16.4. The Morgan fingerprint density at radius 3 is 2.35 bits per heavy atom. The number of benzene rings is 1. The van der Waals surface area contributed by atoms with E-state index in [9.17, 15) is 14.4 Å². The molecule has 1 aromatic carbocycles. The molecule has 7 heteroatoms. The molecule has 0 fully saturated rings. The van der Waals surface area contributed by atoms with Crippen LogP contribution in [0.15, 0.2) is 65.9 Å². The number of fused-ring (bicyclic) bond motifs is 1. The number of aromatic amines is 1. The third kappa shape index (κ3) is 1.90. The van der Waals surface area contributed by atoms with E-state index in [4.69, 9.17) is 8.83 Å². The fourth-order valence-corrected chi connectivity index (χ4v) is 2.44. The fraction of sp³-hybridized carbons (Fsp3) is 0. The number of H-pyrrole nitrogens is 1. The van der Waals surface area contributed by atoms with Crippen molar-refractivity contribution in [1.82, 2.24) is 10.2 Å². The van der Waals surface area contributed by atoms with E-state index in [1.807, 2.05) is 0 Å². The molecule has 0 saturated carbocycles. The van der Waals surface area contributed by atoms with Crippen molar-refractivity contribution in [2.45, 2.75) is 0 Å². The molecule has 1 N–H and O–H groups in total. The lowest BCUT2D eigenvalue weighted by Crippen LogP contribution is -2.22. The van der Waals surface area contributed by atoms with E-state index < -0.39 is 16.4 Å². The molecule has 0 radical (unpaired) electrons. The summed E-state index contributed by atoms with van der Waals surface area (Å²) < 4.78 is 10.6. The lowest BCUT2D eigenvalue weighted by molar-refractivity contribution is 0.480. The van der Waals surface area contributed by atoms with Crippen LogP contribution < -0.4 is 16.4 Å². The molecule has 1 aliphatic carbocycles. The molecule has 1 aromatic heterocycles. The summed E-state index contributed by atoms with van der Waals surface area (Å²) in [5, 5.41) is 5.94. The maximum Gasteiger partial charge on any atom is 0.280 e. The molecular formula is C16H8N2O5. The number of aromatic nitrogens is 2. The van der Waals surface area contributed by atoms with Gasteiger partial charge >= 0.3 is 0 Å². The van der Waals surface area contributed by atoms with Crippen LogP contribution in [-0.2, 0) is 0 Å². The van der Waals surface area contributed by atoms with Gasteiger partial charge < -0.3 is 8.83 Å². The highest BCUT2D eigenvalue weighted by molar-refractivity contribution is 5.81. The van der Waals surface area contributed by atoms with Crippen molar-refractivity contribution in [1.29, 1.82) is 0 Å². The Bertz CT molecular complexity index is 1270. The predicted molar refractivity (Wildman–Crippen MR) is 80.2 cm³/mol. The smallest absolute Gasteiger partial charge is 0.280 e. The van der Waals surface area contributed by atoms with Crippen molar-refractivity contribution in [3.05, 3.63) is 84.1 Å². The van der Waals surface area contributed by atoms with Crippen molar-refractivity contribution < 1.29 is 8.83 Å². The molecule has 23 heavy (non-hydrogen) atoms. The van der Waals surface area contributed by atoms with E-state index in [2.05, 4.69) is 10.2 Å². The van der Waals surface area contributed by atoms with Gasteiger partial charge in [0.15, 0.2) is 11.2 Å². The van der Waals surface area contributed by atoms with Gasteiger partial charge in [-0.25, -0.2) is 5.10 Å². The molecule has 2 aromatic rings. The van der Waals surface area contributed by atoms with E-state index >= 15 is 0 Å². The first-order valence-electron chi connectivity index (χ1n) is 6.69. The van der Waals surface area contributed by atoms with Gasteiger partial charge in [-0.05, 0) is 12.1 Å². The third-order valence-electron chi connectivity index (χ3n) is 3.49. The molecule has 0 saturated heterocycles. The normalized spacial score (nSPS) is 11.1. The Morgan fingerprint density at radius 1 is 0.913 bits per heavy atom. The number of nitrogens with zero attached hydrogens (tertiary/aromatic N) is 1. The summed E-state index contributed by atoms with van der Waals surface area (Å²) in [6.07, 6.45) is 1.40. The van der Waals surface area contributed by atoms with Gasteiger partial charge in [-0.15, -0.1) is 5.10 Å². The molecule has 4 rings (SSSR count). The minimum Gasteiger partial charge on any atom is -0.459 e. The third-order valence-corrected chi connectivity index (χ3v) is 3.49. The van der Waals surface area contributed by atoms with Gasteiger partial charge in [0.05, 0.1) is 6.26 Å². The van der Waals surface area contributed by atoms with Crippen LogP contribution in [0.5, 0.6) is 0 Å². The summed E-state index contributed by atoms with van der Waals surface area (Å²) >= 11 is 0. The second-order valence-corrected chi connectivity index (χ2v) is 4.85. The highest BCUT2D eigenvalue weighted by Crippen LogP contribution is 2.15. The van der Waals surface area contributed by atoms with Crippen LogP contribution in [0.3, 0.4) is 0 Å². The molecule has 2 heterocycles. The fourth-order valence-electron chi connectivity index (χ4n) is 2.44. The molecule has 7 nitrogen and oxygen atoms in total. The van der Waals surface area contributed by atoms with E-state index in [-0.39, 0.29) is 33.1 Å². The van der Waals surface area contributed by atoms with Crippen LogP contribution in [0.2, 0.25) is 0 Å². The van der Waals surface area contributed by atoms with E-state index in [0.29, 0.717) is 0 Å². The Labute approximate surface area is 126 Å². The number of rotatable bonds is 1. The standard InChI is InChI=1S/C16H8N2O5/c19-12-8-4-1-2-5-9(8)13(20)14-11(12)15(21)17-18-16(23-14)10-6-3-7-22-10/h1-7H,(H,17,21). The molecule has 0 spiro atoms. The van der Waals surface area contributed by atoms with Crippen LogP contribution in [0.4, 0.5) is 0 Å². The number of hydrogen-bond acceptors (Lipinski definition) is 6. The maximum atomic E-state index is 12.6. The second-order valence-electron chi connectivity index (χ2n) is 4.85. The van der Waals surface area contributed by atoms with Crippen molar-refractivity contribution in [3.63, 3.8) is 0 Å². The summed E-state index contributed by atoms with van der Waals surface area (Å²) in [6, 6.07) is 9.41. The van der Waals surface area contributed by atoms with Crippen LogP contribution in [0.25, 0.3) is 22.4 Å². The summed E-state index contributed by atoms with van der Waals surface area (Å²) in [4.78, 5) is 37.3. The van der Waals surface area contributed by atoms with E-state index in [1.54, 1.807) is 24.3 Å². The highest BCUT2D eigenvalue weighted by Gasteiger charge is 2.13. The zero-order valence-electron chi connectivity index (χ0n) is 11.5. The van der Waals surface area contributed by atoms with Crippen LogP contribution in [-0.4, -0.2) is 10.2 Å². The zero-order chi connectivity index (χ0) is 16.0. The molecule has 112 valence electrons. The number of furan rings is 1. The van der Waals surface area contributed by atoms with Gasteiger partial charge in [0, 0.05) is 10.8 Å². The van der Waals surface area contributed by atoms with Crippen LogP contribution in [0, 0.1) is 10.6 Å². The Balaban J connectivity index is 2.35. The molecule has 0 unspecified atom stereocenters. The van der Waals surface area contributed by atoms with Crippen molar-refractivity contribution in [3.8, 4) is 11.7 Å². The maximum absolute atomic E-state index is 12.6. The predicted octanol–water partition coefficient (Wildman–Crippen LogP) is 1.22. The van der Waals surface area contributed by atoms with Crippen LogP contribution in [0.1, 0.15) is 0 Å². The SMILES string of the molecule is O=c1[nH]nc(-c2ccco2)oc2c(=O)c3ccccc3c(=O)c1=2. The Morgan fingerprint density at radius 2 is 1.65 bits per heavy atom. The van der Waals surface area contributed by atoms with E-state index in [0.717, 1.165) is 0 Å². The average molecular weight is 308 g/mol. The minimum absolute atomic E-state index is 0.103. The molecule has 0 atom stereocenters. The largest absolute Gasteiger partial charge is 0.459 e. The molecule has 1 aliphatic heterocycles. The van der Waals surface area contributed by atoms with Gasteiger partial charge in [0.25, 0.3) is 11.4 Å². The average Bonchev–Trinajstić information content (AvgIpc) is 3.04. The Hall–Kier alpha value is -3.48. The monoisotopic (exact) mass is 308 g/mol. The van der Waals surface area contributed by atoms with Gasteiger partial charge in [-0.3, -0.25) is 14.4 Å². The molecule has 0 bridgehead atoms. The lowest BCUT2D eigenvalue weighted by Gasteiger charge is -1.94. The molecule has 0 amide bonds. The molecular weight excluding hydrogens is 300 g/mol. The first-order valence-corrected chi connectivity index (χ1v) is 6.69. The van der Waals surface area contributed by atoms with Gasteiger partial charge in [0.1, 0.15) is 5.22 Å². The number of nitrogens with one attached hydrogen (secondary N) is 1. The first kappa shape index (κ1) is 13.2. The van der Waals surface area contributed by atoms with Crippen molar-refractivity contribution in [2.75, 3.05) is 0 Å². The van der Waals surface area contributed by atoms with Crippen LogP contribution >= 0.6 is 0 Å². The van der Waals surface area contributed by atoms with Gasteiger partial charge in [-0.2, -0.15) is 0 Å². The quantitative estimate of drug-likeness (QED) is 0.566. The van der Waals surface area contributed by atoms with Crippen molar-refractivity contribution >= 4 is 10.8 Å². The first-order chi connectivity index (χ1) is 11.2. The van der Waals surface area contributed by atoms with Crippen molar-refractivity contribution in [2.24, 2.45) is 0 Å². The van der Waals surface area contributed by atoms with Gasteiger partial charge in [0.2, 0.25) is 10.9 Å². The van der Waals surface area contributed by atoms with E-state index in [1.165, 1.54) is 18.4 Å². The summed E-state index contributed by atoms with van der Waals surface area (Å²) in [7, 11) is 0. The zero-order valence-corrected chi connectivity index (χ0v) is 11.5. The second kappa shape index (κ2) is 4.77. The summed E-state index contributed by atoms with van der Waals surface area (Å²) in [6.45, 7) is 0. The number of hydrogen-bond donors (Lipinski definition) is 1. The van der Waals surface area contributed by atoms with Gasteiger partial charge in [-0.1, -0.05) is 24.3 Å². The molecule has 2 aliphatic rings. The summed E-state index contributed by atoms with van der Waals surface area (Å²) in [5.74, 6) is 0.118.